The number of ether oxygens (including phenoxy) is 1. The molecule has 1 atom stereocenters. The number of rotatable bonds is 6. The molecule has 0 spiro atoms. The molecule has 0 N–H and O–H groups in total. The van der Waals surface area contributed by atoms with E-state index in [4.69, 9.17) is 9.16 Å². The average Bonchev–Trinajstić information content (AvgIpc) is 2.24. The quantitative estimate of drug-likeness (QED) is 0.409. The third-order valence-corrected chi connectivity index (χ3v) is 8.41. The van der Waals surface area contributed by atoms with Crippen molar-refractivity contribution in [1.82, 2.24) is 0 Å². The first-order valence-corrected chi connectivity index (χ1v) is 8.19. The maximum atomic E-state index is 11.4. The van der Waals surface area contributed by atoms with Crippen molar-refractivity contribution in [2.75, 3.05) is 13.3 Å². The monoisotopic (exact) mass is 244 g/mol. The van der Waals surface area contributed by atoms with Crippen LogP contribution in [0.1, 0.15) is 34.1 Å². The van der Waals surface area contributed by atoms with E-state index in [9.17, 15) is 4.79 Å². The van der Waals surface area contributed by atoms with E-state index in [1.807, 2.05) is 0 Å². The minimum absolute atomic E-state index is 0.0805. The normalized spacial score (nSPS) is 15.4. The Labute approximate surface area is 100.0 Å². The largest absolute Gasteiger partial charge is 0.463 e. The molecule has 0 fully saturated rings. The van der Waals surface area contributed by atoms with Gasteiger partial charge < -0.3 is 9.16 Å². The lowest BCUT2D eigenvalue weighted by atomic mass is 10.1. The summed E-state index contributed by atoms with van der Waals surface area (Å²) in [6, 6.07) is 0. The van der Waals surface area contributed by atoms with E-state index in [1.165, 1.54) is 0 Å². The molecule has 1 unspecified atom stereocenters. The van der Waals surface area contributed by atoms with E-state index in [2.05, 4.69) is 33.9 Å². The Balaban J connectivity index is 4.62. The predicted molar refractivity (Wildman–Crippen MR) is 68.7 cm³/mol. The second-order valence-corrected chi connectivity index (χ2v) is 9.54. The molecular formula is C12H24O3Si. The smallest absolute Gasteiger partial charge is 0.332 e. The Morgan fingerprint density at radius 1 is 1.44 bits per heavy atom. The molecule has 0 bridgehead atoms. The van der Waals surface area contributed by atoms with Crippen molar-refractivity contribution in [3.05, 3.63) is 12.2 Å². The Hall–Kier alpha value is -0.613. The maximum absolute atomic E-state index is 11.4. The SMILES string of the molecule is C=C(C)C(=O)OC[Si](C)(OC)C(C)(C)CC. The van der Waals surface area contributed by atoms with Crippen molar-refractivity contribution in [1.29, 1.82) is 0 Å². The Bertz CT molecular complexity index is 273. The fourth-order valence-corrected chi connectivity index (χ4v) is 3.45. The fourth-order valence-electron chi connectivity index (χ4n) is 1.23. The number of carbonyl (C=O) groups excluding carboxylic acids is 1. The van der Waals surface area contributed by atoms with E-state index >= 15 is 0 Å². The summed E-state index contributed by atoms with van der Waals surface area (Å²) in [6.07, 6.45) is 1.39. The van der Waals surface area contributed by atoms with E-state index in [1.54, 1.807) is 14.0 Å². The van der Waals surface area contributed by atoms with Crippen LogP contribution in [0.3, 0.4) is 0 Å². The van der Waals surface area contributed by atoms with Gasteiger partial charge in [-0.2, -0.15) is 0 Å². The molecule has 0 saturated carbocycles. The van der Waals surface area contributed by atoms with Gasteiger partial charge in [0.05, 0.1) is 0 Å². The van der Waals surface area contributed by atoms with Gasteiger partial charge in [0.25, 0.3) is 0 Å². The molecule has 0 saturated heterocycles. The summed E-state index contributed by atoms with van der Waals surface area (Å²) < 4.78 is 10.9. The number of hydrogen-bond donors (Lipinski definition) is 0. The molecule has 0 rings (SSSR count). The van der Waals surface area contributed by atoms with Crippen LogP contribution in [0, 0.1) is 0 Å². The van der Waals surface area contributed by atoms with Gasteiger partial charge in [-0.05, 0) is 18.5 Å². The first-order chi connectivity index (χ1) is 7.20. The van der Waals surface area contributed by atoms with Crippen molar-refractivity contribution in [2.45, 2.75) is 45.7 Å². The Kier molecular flexibility index (Phi) is 5.42. The van der Waals surface area contributed by atoms with Gasteiger partial charge in [0.15, 0.2) is 0 Å². The van der Waals surface area contributed by atoms with Gasteiger partial charge in [-0.3, -0.25) is 0 Å². The topological polar surface area (TPSA) is 35.5 Å². The first-order valence-electron chi connectivity index (χ1n) is 5.58. The molecule has 0 aromatic rings. The van der Waals surface area contributed by atoms with Crippen LogP contribution < -0.4 is 0 Å². The molecule has 3 nitrogen and oxygen atoms in total. The molecule has 0 amide bonds. The summed E-state index contributed by atoms with van der Waals surface area (Å²) >= 11 is 0. The summed E-state index contributed by atoms with van der Waals surface area (Å²) in [5, 5.41) is 0.0805. The Morgan fingerprint density at radius 3 is 2.25 bits per heavy atom. The van der Waals surface area contributed by atoms with Gasteiger partial charge in [-0.1, -0.05) is 33.8 Å². The van der Waals surface area contributed by atoms with Crippen molar-refractivity contribution >= 4 is 14.3 Å². The first kappa shape index (κ1) is 15.4. The van der Waals surface area contributed by atoms with Gasteiger partial charge in [0.2, 0.25) is 8.32 Å². The highest BCUT2D eigenvalue weighted by atomic mass is 28.4. The van der Waals surface area contributed by atoms with Crippen molar-refractivity contribution < 1.29 is 14.0 Å². The van der Waals surface area contributed by atoms with Gasteiger partial charge in [0.1, 0.15) is 6.23 Å². The Morgan fingerprint density at radius 2 is 1.94 bits per heavy atom. The van der Waals surface area contributed by atoms with Crippen LogP contribution in [0.25, 0.3) is 0 Å². The van der Waals surface area contributed by atoms with Gasteiger partial charge in [-0.25, -0.2) is 4.79 Å². The van der Waals surface area contributed by atoms with Crippen LogP contribution in [0.15, 0.2) is 12.2 Å². The summed E-state index contributed by atoms with van der Waals surface area (Å²) in [5.41, 5.74) is 0.432. The highest BCUT2D eigenvalue weighted by Crippen LogP contribution is 2.40. The molecule has 94 valence electrons. The molecule has 0 aliphatic carbocycles. The van der Waals surface area contributed by atoms with Crippen LogP contribution in [0.2, 0.25) is 11.6 Å². The predicted octanol–water partition coefficient (Wildman–Crippen LogP) is 3.06. The summed E-state index contributed by atoms with van der Waals surface area (Å²) in [4.78, 5) is 11.4. The van der Waals surface area contributed by atoms with Gasteiger partial charge in [-0.15, -0.1) is 0 Å². The zero-order valence-corrected chi connectivity index (χ0v) is 12.3. The highest BCUT2D eigenvalue weighted by molar-refractivity contribution is 6.75. The maximum Gasteiger partial charge on any atom is 0.332 e. The van der Waals surface area contributed by atoms with Gasteiger partial charge in [0, 0.05) is 12.7 Å². The molecule has 4 heteroatoms. The van der Waals surface area contributed by atoms with Crippen molar-refractivity contribution in [3.8, 4) is 0 Å². The number of esters is 1. The van der Waals surface area contributed by atoms with Crippen molar-refractivity contribution in [3.63, 3.8) is 0 Å². The van der Waals surface area contributed by atoms with Crippen LogP contribution in [0.4, 0.5) is 0 Å². The lowest BCUT2D eigenvalue weighted by Crippen LogP contribution is -2.49. The van der Waals surface area contributed by atoms with Crippen LogP contribution in [0.5, 0.6) is 0 Å². The summed E-state index contributed by atoms with van der Waals surface area (Å²) in [5.74, 6) is -0.331. The van der Waals surface area contributed by atoms with Crippen LogP contribution in [-0.4, -0.2) is 27.6 Å². The van der Waals surface area contributed by atoms with E-state index < -0.39 is 8.32 Å². The molecule has 16 heavy (non-hydrogen) atoms. The zero-order chi connectivity index (χ0) is 13.0. The highest BCUT2D eigenvalue weighted by Gasteiger charge is 2.44. The minimum Gasteiger partial charge on any atom is -0.463 e. The average molecular weight is 244 g/mol. The molecule has 0 heterocycles. The standard InChI is InChI=1S/C12H24O3Si/c1-8-12(4,5)16(7,14-6)9-15-11(13)10(2)3/h2,8-9H2,1,3-7H3. The van der Waals surface area contributed by atoms with Crippen LogP contribution in [-0.2, 0) is 14.0 Å². The molecule has 0 aliphatic heterocycles. The number of carbonyl (C=O) groups is 1. The van der Waals surface area contributed by atoms with Crippen LogP contribution >= 0.6 is 0 Å². The summed E-state index contributed by atoms with van der Waals surface area (Å²) in [7, 11) is -0.337. The minimum atomic E-state index is -2.04. The summed E-state index contributed by atoms with van der Waals surface area (Å²) in [6.45, 7) is 13.8. The molecular weight excluding hydrogens is 220 g/mol. The molecule has 0 aliphatic rings. The third-order valence-electron chi connectivity index (χ3n) is 3.59. The second kappa shape index (κ2) is 5.64. The second-order valence-electron chi connectivity index (χ2n) is 5.03. The lowest BCUT2D eigenvalue weighted by molar-refractivity contribution is -0.137. The van der Waals surface area contributed by atoms with E-state index in [0.29, 0.717) is 11.8 Å². The molecule has 0 aromatic heterocycles. The van der Waals surface area contributed by atoms with E-state index in [-0.39, 0.29) is 11.0 Å². The van der Waals surface area contributed by atoms with E-state index in [0.717, 1.165) is 6.42 Å². The zero-order valence-electron chi connectivity index (χ0n) is 11.3. The van der Waals surface area contributed by atoms with Crippen molar-refractivity contribution in [2.24, 2.45) is 0 Å². The molecule has 0 radical (unpaired) electrons. The third kappa shape index (κ3) is 3.45. The number of hydrogen-bond acceptors (Lipinski definition) is 3. The fraction of sp³-hybridized carbons (Fsp3) is 0.750. The molecule has 0 aromatic carbocycles. The van der Waals surface area contributed by atoms with Gasteiger partial charge >= 0.3 is 5.97 Å². The lowest BCUT2D eigenvalue weighted by Gasteiger charge is -2.39.